The first-order chi connectivity index (χ1) is 3.41. The average Bonchev–Trinajstić information content (AvgIpc) is 1.78. The molecule has 0 nitrogen and oxygen atoms in total. The van der Waals surface area contributed by atoms with E-state index >= 15 is 0 Å². The summed E-state index contributed by atoms with van der Waals surface area (Å²) in [6.07, 6.45) is 0. The van der Waals surface area contributed by atoms with Crippen LogP contribution in [-0.2, 0) is 15.9 Å². The van der Waals surface area contributed by atoms with E-state index in [-0.39, 0.29) is 15.9 Å². The summed E-state index contributed by atoms with van der Waals surface area (Å²) >= 11 is -0.106. The molecule has 0 saturated carbocycles. The van der Waals surface area contributed by atoms with Gasteiger partial charge in [-0.15, -0.1) is 18.5 Å². The molecule has 0 aliphatic heterocycles. The topological polar surface area (TPSA) is 0 Å². The molecule has 0 spiro atoms. The van der Waals surface area contributed by atoms with Crippen LogP contribution in [0.3, 0.4) is 0 Å². The van der Waals surface area contributed by atoms with Crippen molar-refractivity contribution in [1.29, 1.82) is 0 Å². The Hall–Kier alpha value is 2.10. The third-order valence-electron chi connectivity index (χ3n) is 0. The zero-order chi connectivity index (χ0) is 6.71. The maximum atomic E-state index is 4.81. The molecule has 0 N–H and O–H groups in total. The van der Waals surface area contributed by atoms with E-state index in [4.69, 9.17) is 19.1 Å². The summed E-state index contributed by atoms with van der Waals surface area (Å²) in [7, 11) is 14.5. The second-order valence-electron chi connectivity index (χ2n) is 0.0452. The minimum atomic E-state index is -0.106. The zero-order valence-electron chi connectivity index (χ0n) is 4.23. The molecule has 0 aliphatic carbocycles. The fraction of sp³-hybridized carbons (Fsp3) is 1.00. The van der Waals surface area contributed by atoms with Gasteiger partial charge in [-0.25, -0.2) is 0 Å². The first-order valence-electron chi connectivity index (χ1n) is 1.39. The Bertz CT molecular complexity index is 13.7. The van der Waals surface area contributed by atoms with Gasteiger partial charge >= 0.3 is 35.0 Å². The molecular weight excluding hydrogens is 263 g/mol. The average molecular weight is 273 g/mol. The van der Waals surface area contributed by atoms with Crippen LogP contribution in [0.4, 0.5) is 0 Å². The maximum absolute atomic E-state index is 4.81. The van der Waals surface area contributed by atoms with E-state index in [9.17, 15) is 0 Å². The molecule has 5 heteroatoms. The van der Waals surface area contributed by atoms with Gasteiger partial charge in [0.05, 0.1) is 0 Å². The van der Waals surface area contributed by atoms with Crippen molar-refractivity contribution in [3.63, 3.8) is 0 Å². The molecule has 2 atom stereocenters. The second-order valence-corrected chi connectivity index (χ2v) is 2.41. The molecule has 0 aromatic carbocycles. The van der Waals surface area contributed by atoms with E-state index in [2.05, 4.69) is 18.5 Å². The third kappa shape index (κ3) is 68.3. The summed E-state index contributed by atoms with van der Waals surface area (Å²) in [4.78, 5) is 0. The van der Waals surface area contributed by atoms with Crippen molar-refractivity contribution in [2.24, 2.45) is 0 Å². The van der Waals surface area contributed by atoms with Crippen LogP contribution in [-0.4, -0.2) is 13.3 Å². The van der Waals surface area contributed by atoms with Gasteiger partial charge in [0.2, 0.25) is 0 Å². The first-order valence-corrected chi connectivity index (χ1v) is 7.71. The molecule has 7 heavy (non-hydrogen) atoms. The Morgan fingerprint density at radius 1 is 1.00 bits per heavy atom. The van der Waals surface area contributed by atoms with Crippen LogP contribution >= 0.6 is 37.5 Å². The first kappa shape index (κ1) is 16.0. The van der Waals surface area contributed by atoms with Crippen molar-refractivity contribution in [2.45, 2.75) is 0 Å². The monoisotopic (exact) mass is 272 g/mol. The zero-order valence-corrected chi connectivity index (χ0v) is 9.60. The fourth-order valence-corrected chi connectivity index (χ4v) is 0. The molecule has 0 aromatic rings. The van der Waals surface area contributed by atoms with Crippen molar-refractivity contribution in [1.82, 2.24) is 0 Å². The Balaban J connectivity index is -0.0000000360. The van der Waals surface area contributed by atoms with Gasteiger partial charge in [-0.2, -0.15) is 0 Å². The standard InChI is InChI=1S/2CH5P.2ClH.Pd/c2*1-2;;;/h2*2H2,1H3;2*1H;/q;;;;+2/p-2. The van der Waals surface area contributed by atoms with Gasteiger partial charge in [0.25, 0.3) is 0 Å². The SMILES string of the molecule is CP.CP.[Cl][Pd][Cl]. The van der Waals surface area contributed by atoms with Crippen molar-refractivity contribution >= 4 is 37.5 Å². The van der Waals surface area contributed by atoms with Gasteiger partial charge in [-0.3, -0.25) is 0 Å². The van der Waals surface area contributed by atoms with E-state index in [1.54, 1.807) is 0 Å². The Labute approximate surface area is 66.6 Å². The number of rotatable bonds is 0. The van der Waals surface area contributed by atoms with Gasteiger partial charge in [-0.05, 0) is 0 Å². The molecule has 0 aromatic heterocycles. The van der Waals surface area contributed by atoms with E-state index < -0.39 is 0 Å². The number of halogens is 2. The van der Waals surface area contributed by atoms with Crippen molar-refractivity contribution in [2.75, 3.05) is 13.3 Å². The molecule has 0 fully saturated rings. The molecule has 0 radical (unpaired) electrons. The predicted octanol–water partition coefficient (Wildman–Crippen LogP) is 2.36. The van der Waals surface area contributed by atoms with Gasteiger partial charge < -0.3 is 0 Å². The van der Waals surface area contributed by atoms with Crippen LogP contribution < -0.4 is 0 Å². The second kappa shape index (κ2) is 42.5. The van der Waals surface area contributed by atoms with Crippen LogP contribution in [0.15, 0.2) is 0 Å². The summed E-state index contributed by atoms with van der Waals surface area (Å²) < 4.78 is 0. The molecule has 0 aliphatic rings. The molecular formula is C2H10Cl2P2Pd. The third-order valence-corrected chi connectivity index (χ3v) is 0. The number of hydrogen-bond donors (Lipinski definition) is 0. The van der Waals surface area contributed by atoms with Gasteiger partial charge in [0.15, 0.2) is 0 Å². The van der Waals surface area contributed by atoms with Crippen LogP contribution in [0.5, 0.6) is 0 Å². The van der Waals surface area contributed by atoms with Crippen molar-refractivity contribution in [3.8, 4) is 0 Å². The Morgan fingerprint density at radius 3 is 1.00 bits per heavy atom. The number of hydrogen-bond acceptors (Lipinski definition) is 0. The van der Waals surface area contributed by atoms with Crippen LogP contribution in [0.2, 0.25) is 0 Å². The summed E-state index contributed by atoms with van der Waals surface area (Å²) in [5.74, 6) is 0. The van der Waals surface area contributed by atoms with Crippen LogP contribution in [0.1, 0.15) is 0 Å². The van der Waals surface area contributed by atoms with Crippen molar-refractivity contribution < 1.29 is 15.9 Å². The summed E-state index contributed by atoms with van der Waals surface area (Å²) in [6, 6.07) is 0. The molecule has 2 unspecified atom stereocenters. The summed E-state index contributed by atoms with van der Waals surface area (Å²) in [5, 5.41) is 0. The summed E-state index contributed by atoms with van der Waals surface area (Å²) in [6.45, 7) is 3.83. The Kier molecular flexibility index (Phi) is 97.3. The van der Waals surface area contributed by atoms with E-state index in [0.29, 0.717) is 0 Å². The van der Waals surface area contributed by atoms with E-state index in [0.717, 1.165) is 0 Å². The van der Waals surface area contributed by atoms with E-state index in [1.165, 1.54) is 0 Å². The molecule has 0 heterocycles. The minimum absolute atomic E-state index is 0.106. The van der Waals surface area contributed by atoms with Crippen LogP contribution in [0.25, 0.3) is 0 Å². The Morgan fingerprint density at radius 2 is 1.00 bits per heavy atom. The van der Waals surface area contributed by atoms with Gasteiger partial charge in [0.1, 0.15) is 0 Å². The molecule has 0 rings (SSSR count). The molecule has 0 bridgehead atoms. The quantitative estimate of drug-likeness (QED) is 0.469. The fourth-order valence-electron chi connectivity index (χ4n) is 0. The van der Waals surface area contributed by atoms with Gasteiger partial charge in [-0.1, -0.05) is 13.3 Å². The normalized spacial score (nSPS) is 4.86. The van der Waals surface area contributed by atoms with Crippen molar-refractivity contribution in [3.05, 3.63) is 0 Å². The summed E-state index contributed by atoms with van der Waals surface area (Å²) in [5.41, 5.74) is 0. The molecule has 0 amide bonds. The van der Waals surface area contributed by atoms with E-state index in [1.807, 2.05) is 13.3 Å². The molecule has 0 saturated heterocycles. The molecule has 52 valence electrons. The van der Waals surface area contributed by atoms with Crippen LogP contribution in [0, 0.1) is 0 Å². The van der Waals surface area contributed by atoms with Gasteiger partial charge in [0, 0.05) is 0 Å². The predicted molar refractivity (Wildman–Crippen MR) is 43.0 cm³/mol.